The molecule has 0 radical (unpaired) electrons. The minimum atomic E-state index is -3.97. The van der Waals surface area contributed by atoms with Crippen molar-refractivity contribution < 1.29 is 51.3 Å². The van der Waals surface area contributed by atoms with Crippen molar-refractivity contribution in [3.8, 4) is 28.6 Å². The van der Waals surface area contributed by atoms with Crippen molar-refractivity contribution in [1.82, 2.24) is 24.8 Å². The van der Waals surface area contributed by atoms with Crippen molar-refractivity contribution >= 4 is 44.6 Å². The van der Waals surface area contributed by atoms with Crippen LogP contribution >= 0.6 is 0 Å². The van der Waals surface area contributed by atoms with Gasteiger partial charge in [0.15, 0.2) is 11.6 Å². The molecule has 3 aromatic rings. The lowest BCUT2D eigenvalue weighted by Crippen LogP contribution is -2.61. The van der Waals surface area contributed by atoms with Gasteiger partial charge in [-0.15, -0.1) is 0 Å². The average Bonchev–Trinajstić information content (AvgIpc) is 4.23. The lowest BCUT2D eigenvalue weighted by molar-refractivity contribution is -0.145. The van der Waals surface area contributed by atoms with Crippen molar-refractivity contribution in [3.63, 3.8) is 0 Å². The molecule has 3 N–H and O–H groups in total. The van der Waals surface area contributed by atoms with Gasteiger partial charge in [0.05, 0.1) is 30.7 Å². The number of aromatic nitrogens is 1. The number of fused-ring (bicyclic) bond motifs is 4. The normalized spacial score (nSPS) is 31.4. The van der Waals surface area contributed by atoms with Gasteiger partial charge in [0.2, 0.25) is 27.7 Å². The van der Waals surface area contributed by atoms with Gasteiger partial charge in [-0.25, -0.2) is 22.6 Å². The zero-order valence-electron chi connectivity index (χ0n) is 38.1. The number of halogens is 1. The van der Waals surface area contributed by atoms with E-state index in [1.807, 2.05) is 57.2 Å². The third-order valence-corrected chi connectivity index (χ3v) is 16.4. The molecule has 2 aromatic carbocycles. The number of carboxylic acid groups (broad SMARTS) is 1. The van der Waals surface area contributed by atoms with Gasteiger partial charge in [0.1, 0.15) is 29.5 Å². The van der Waals surface area contributed by atoms with Crippen molar-refractivity contribution in [2.45, 2.75) is 133 Å². The van der Waals surface area contributed by atoms with Gasteiger partial charge < -0.3 is 29.5 Å². The van der Waals surface area contributed by atoms with Gasteiger partial charge in [-0.05, 0) is 143 Å². The summed E-state index contributed by atoms with van der Waals surface area (Å²) in [7, 11) is -2.60. The average molecular weight is 930 g/mol. The molecule has 1 saturated heterocycles. The van der Waals surface area contributed by atoms with Crippen LogP contribution in [0.3, 0.4) is 0 Å². The number of hydrogen-bond donors (Lipinski definition) is 3. The predicted octanol–water partition coefficient (Wildman–Crippen LogP) is 6.83. The highest BCUT2D eigenvalue weighted by atomic mass is 32.2. The zero-order valence-corrected chi connectivity index (χ0v) is 38.9. The number of ether oxygens (including phenoxy) is 3. The fraction of sp³-hybridized carbons (Fsp3) is 0.571. The summed E-state index contributed by atoms with van der Waals surface area (Å²) < 4.78 is 61.7. The van der Waals surface area contributed by atoms with Crippen LogP contribution in [-0.4, -0.2) is 107 Å². The molecule has 66 heavy (non-hydrogen) atoms. The predicted molar refractivity (Wildman–Crippen MR) is 243 cm³/mol. The maximum Gasteiger partial charge on any atom is 0.408 e. The van der Waals surface area contributed by atoms with Crippen molar-refractivity contribution in [1.29, 1.82) is 0 Å². The van der Waals surface area contributed by atoms with E-state index in [1.54, 1.807) is 12.1 Å². The summed E-state index contributed by atoms with van der Waals surface area (Å²) in [5.74, 6) is -2.05. The van der Waals surface area contributed by atoms with Crippen LogP contribution in [0.2, 0.25) is 0 Å². The van der Waals surface area contributed by atoms with Gasteiger partial charge in [-0.3, -0.25) is 24.0 Å². The number of benzene rings is 2. The van der Waals surface area contributed by atoms with Crippen LogP contribution in [0, 0.1) is 35.4 Å². The molecule has 4 aliphatic carbocycles. The summed E-state index contributed by atoms with van der Waals surface area (Å²) in [6.45, 7) is 7.67. The van der Waals surface area contributed by atoms with Crippen LogP contribution in [0.5, 0.6) is 17.4 Å². The standard InChI is InChI=1S/C49H60FN5O10S/c1-26(2)64-35-12-10-29(11-13-35)40-20-32-21-42(63-5)39(50)23-38(32)45(51-40)65-36-22-41-44(56)52-49(47(58)53-66(61,62)37-14-15-37)24-33(49)9-7-6-8-27(3)16-28(4)43(46(57)54(41)25-36)55(48(59)60)34-18-30-17-31(30)19-34/h7,9-13,20-21,23,26-28,30-31,33-34,36-37,41,43H,6,8,14-19,22,24-25H2,1-5H3,(H,52,56)(H,53,58)(H,59,60)/b9-7-/t27-,28+,30-,31?,33+,34+,36+,41-,43-,49+/m0/s1. The van der Waals surface area contributed by atoms with E-state index in [0.717, 1.165) is 12.8 Å². The maximum absolute atomic E-state index is 15.5. The van der Waals surface area contributed by atoms with E-state index in [4.69, 9.17) is 19.2 Å². The van der Waals surface area contributed by atoms with Crippen LogP contribution in [0.25, 0.3) is 22.0 Å². The molecular formula is C49H60FN5O10S. The summed E-state index contributed by atoms with van der Waals surface area (Å²) in [4.78, 5) is 65.4. The van der Waals surface area contributed by atoms with Crippen molar-refractivity contribution in [2.75, 3.05) is 13.7 Å². The molecule has 354 valence electrons. The number of rotatable bonds is 11. The van der Waals surface area contributed by atoms with Crippen LogP contribution in [0.4, 0.5) is 9.18 Å². The Hall–Kier alpha value is -5.45. The molecule has 2 aliphatic heterocycles. The number of carbonyl (C=O) groups is 4. The fourth-order valence-electron chi connectivity index (χ4n) is 10.8. The molecule has 9 rings (SSSR count). The number of amides is 4. The Morgan fingerprint density at radius 1 is 1.02 bits per heavy atom. The van der Waals surface area contributed by atoms with E-state index < -0.39 is 80.5 Å². The minimum Gasteiger partial charge on any atom is -0.494 e. The molecule has 0 bridgehead atoms. The second-order valence-electron chi connectivity index (χ2n) is 20.0. The smallest absolute Gasteiger partial charge is 0.408 e. The largest absolute Gasteiger partial charge is 0.494 e. The topological polar surface area (TPSA) is 194 Å². The van der Waals surface area contributed by atoms with E-state index in [0.29, 0.717) is 78.1 Å². The lowest BCUT2D eigenvalue weighted by Gasteiger charge is -2.40. The summed E-state index contributed by atoms with van der Waals surface area (Å²) in [5.41, 5.74) is -0.405. The Bertz CT molecular complexity index is 2540. The van der Waals surface area contributed by atoms with E-state index in [1.165, 1.54) is 23.0 Å². The summed E-state index contributed by atoms with van der Waals surface area (Å²) in [6.07, 6.45) is 6.84. The van der Waals surface area contributed by atoms with E-state index in [9.17, 15) is 27.9 Å². The number of nitrogens with one attached hydrogen (secondary N) is 2. The quantitative estimate of drug-likeness (QED) is 0.171. The molecule has 0 spiro atoms. The highest BCUT2D eigenvalue weighted by molar-refractivity contribution is 7.91. The van der Waals surface area contributed by atoms with Crippen molar-refractivity contribution in [2.24, 2.45) is 29.6 Å². The van der Waals surface area contributed by atoms with Crippen molar-refractivity contribution in [3.05, 3.63) is 60.4 Å². The molecule has 4 saturated carbocycles. The first kappa shape index (κ1) is 45.7. The molecule has 4 amide bonds. The fourth-order valence-corrected chi connectivity index (χ4v) is 12.2. The molecular weight excluding hydrogens is 870 g/mol. The van der Waals surface area contributed by atoms with Crippen LogP contribution < -0.4 is 24.2 Å². The van der Waals surface area contributed by atoms with Gasteiger partial charge in [-0.1, -0.05) is 26.0 Å². The van der Waals surface area contributed by atoms with Crippen LogP contribution in [0.15, 0.2) is 54.6 Å². The first-order valence-corrected chi connectivity index (χ1v) is 25.0. The first-order valence-electron chi connectivity index (χ1n) is 23.4. The highest BCUT2D eigenvalue weighted by Crippen LogP contribution is 2.54. The molecule has 6 aliphatic rings. The number of pyridine rings is 1. The van der Waals surface area contributed by atoms with Crippen LogP contribution in [0.1, 0.15) is 91.9 Å². The van der Waals surface area contributed by atoms with Gasteiger partial charge in [0.25, 0.3) is 5.91 Å². The molecule has 5 fully saturated rings. The molecule has 17 heteroatoms. The molecule has 10 atom stereocenters. The second-order valence-corrected chi connectivity index (χ2v) is 21.9. The molecule has 15 nitrogen and oxygen atoms in total. The Labute approximate surface area is 384 Å². The SMILES string of the molecule is COc1cc2cc(-c3ccc(OC(C)C)cc3)nc(O[C@@H]3C[C@H]4C(=O)N[C@]5(C(=O)NS(=O)(=O)C6CC6)C[C@H]5/C=C\CC[C@H](C)C[C@@H](C)[C@H](N(C(=O)O)[C@H]5CC6C[C@H]6C5)C(=O)N4C3)c2cc1F. The zero-order chi connectivity index (χ0) is 46.8. The van der Waals surface area contributed by atoms with Gasteiger partial charge in [-0.2, -0.15) is 0 Å². The number of carbonyl (C=O) groups excluding carboxylic acids is 3. The Balaban J connectivity index is 1.10. The number of nitrogens with zero attached hydrogens (tertiary/aromatic N) is 3. The third kappa shape index (κ3) is 9.15. The summed E-state index contributed by atoms with van der Waals surface area (Å²) in [6, 6.07) is 9.16. The lowest BCUT2D eigenvalue weighted by atomic mass is 9.86. The third-order valence-electron chi connectivity index (χ3n) is 14.6. The monoisotopic (exact) mass is 929 g/mol. The Morgan fingerprint density at radius 3 is 2.41 bits per heavy atom. The summed E-state index contributed by atoms with van der Waals surface area (Å²) >= 11 is 0. The number of methoxy groups -OCH3 is 1. The van der Waals surface area contributed by atoms with E-state index >= 15 is 9.18 Å². The Morgan fingerprint density at radius 2 is 1.74 bits per heavy atom. The highest BCUT2D eigenvalue weighted by Gasteiger charge is 2.62. The molecule has 1 aromatic heterocycles. The van der Waals surface area contributed by atoms with Crippen LogP contribution in [-0.2, 0) is 24.4 Å². The van der Waals surface area contributed by atoms with Gasteiger partial charge in [0, 0.05) is 29.3 Å². The van der Waals surface area contributed by atoms with E-state index in [2.05, 4.69) is 17.0 Å². The maximum atomic E-state index is 15.5. The first-order chi connectivity index (χ1) is 31.4. The minimum absolute atomic E-state index is 0.00784. The van der Waals surface area contributed by atoms with Gasteiger partial charge >= 0.3 is 6.09 Å². The molecule has 1 unspecified atom stereocenters. The molecule has 3 heterocycles. The number of sulfonamides is 1. The summed E-state index contributed by atoms with van der Waals surface area (Å²) in [5, 5.41) is 14.0. The number of hydrogen-bond acceptors (Lipinski definition) is 10. The second kappa shape index (κ2) is 17.6. The number of allylic oxidation sites excluding steroid dienone is 1. The Kier molecular flexibility index (Phi) is 12.2. The van der Waals surface area contributed by atoms with E-state index in [-0.39, 0.29) is 49.1 Å².